The Kier molecular flexibility index (Phi) is 4.39. The van der Waals surface area contributed by atoms with Gasteiger partial charge in [0.15, 0.2) is 0 Å². The van der Waals surface area contributed by atoms with Gasteiger partial charge in [-0.3, -0.25) is 9.69 Å². The molecule has 0 aliphatic heterocycles. The molecule has 0 saturated carbocycles. The van der Waals surface area contributed by atoms with E-state index in [1.165, 1.54) is 11.3 Å². The number of amides is 1. The summed E-state index contributed by atoms with van der Waals surface area (Å²) in [5, 5.41) is 2.95. The zero-order valence-electron chi connectivity index (χ0n) is 11.3. The van der Waals surface area contributed by atoms with Crippen LogP contribution in [0, 0.1) is 6.92 Å². The van der Waals surface area contributed by atoms with Crippen LogP contribution in [0.15, 0.2) is 34.9 Å². The van der Waals surface area contributed by atoms with Crippen molar-refractivity contribution in [1.29, 1.82) is 0 Å². The molecule has 1 amide bonds. The predicted molar refractivity (Wildman–Crippen MR) is 76.5 cm³/mol. The molecule has 0 spiro atoms. The summed E-state index contributed by atoms with van der Waals surface area (Å²) in [4.78, 5) is 15.9. The zero-order chi connectivity index (χ0) is 13.8. The van der Waals surface area contributed by atoms with Gasteiger partial charge in [0.05, 0.1) is 17.2 Å². The molecule has 1 N–H and O–H groups in total. The number of nitrogens with zero attached hydrogens (tertiary/aromatic N) is 1. The van der Waals surface area contributed by atoms with Crippen LogP contribution in [-0.2, 0) is 0 Å². The number of hydrogen-bond acceptors (Lipinski definition) is 4. The summed E-state index contributed by atoms with van der Waals surface area (Å²) < 4.78 is 5.41. The summed E-state index contributed by atoms with van der Waals surface area (Å²) in [6, 6.07) is 7.63. The number of thiophene rings is 1. The van der Waals surface area contributed by atoms with Crippen molar-refractivity contribution in [2.24, 2.45) is 0 Å². The Morgan fingerprint density at radius 1 is 1.42 bits per heavy atom. The van der Waals surface area contributed by atoms with E-state index < -0.39 is 0 Å². The molecule has 2 aromatic rings. The van der Waals surface area contributed by atoms with Crippen molar-refractivity contribution in [3.63, 3.8) is 0 Å². The minimum absolute atomic E-state index is 0.0310. The van der Waals surface area contributed by atoms with E-state index in [0.29, 0.717) is 6.54 Å². The summed E-state index contributed by atoms with van der Waals surface area (Å²) in [6.45, 7) is 2.52. The maximum atomic E-state index is 12.0. The first-order valence-corrected chi connectivity index (χ1v) is 6.94. The van der Waals surface area contributed by atoms with E-state index in [1.54, 1.807) is 6.26 Å². The van der Waals surface area contributed by atoms with Gasteiger partial charge >= 0.3 is 0 Å². The fourth-order valence-corrected chi connectivity index (χ4v) is 2.64. The van der Waals surface area contributed by atoms with E-state index in [9.17, 15) is 4.79 Å². The summed E-state index contributed by atoms with van der Waals surface area (Å²) in [5.74, 6) is 0.823. The van der Waals surface area contributed by atoms with Gasteiger partial charge in [-0.15, -0.1) is 11.3 Å². The van der Waals surface area contributed by atoms with Gasteiger partial charge in [-0.2, -0.15) is 0 Å². The quantitative estimate of drug-likeness (QED) is 0.914. The minimum atomic E-state index is -0.0310. The van der Waals surface area contributed by atoms with Gasteiger partial charge in [0.2, 0.25) is 0 Å². The Morgan fingerprint density at radius 2 is 2.21 bits per heavy atom. The molecule has 2 rings (SSSR count). The number of rotatable bonds is 5. The molecule has 0 aliphatic rings. The number of likely N-dealkylation sites (N-methyl/N-ethyl adjacent to an activating group) is 1. The lowest BCUT2D eigenvalue weighted by atomic mass is 10.2. The standard InChI is InChI=1S/C14H18N2O2S/c1-10-6-7-13(19-10)14(17)15-9-11(16(2)3)12-5-4-8-18-12/h4-8,11H,9H2,1-3H3,(H,15,17). The fourth-order valence-electron chi connectivity index (χ4n) is 1.85. The summed E-state index contributed by atoms with van der Waals surface area (Å²) >= 11 is 1.50. The Bertz CT molecular complexity index is 531. The Hall–Kier alpha value is -1.59. The first-order valence-electron chi connectivity index (χ1n) is 6.12. The molecule has 2 aromatic heterocycles. The second-order valence-electron chi connectivity index (χ2n) is 4.62. The Balaban J connectivity index is 1.98. The lowest BCUT2D eigenvalue weighted by Gasteiger charge is -2.22. The molecule has 0 bridgehead atoms. The highest BCUT2D eigenvalue weighted by atomic mass is 32.1. The summed E-state index contributed by atoms with van der Waals surface area (Å²) in [7, 11) is 3.93. The van der Waals surface area contributed by atoms with E-state index in [4.69, 9.17) is 4.42 Å². The monoisotopic (exact) mass is 278 g/mol. The number of furan rings is 1. The van der Waals surface area contributed by atoms with Gasteiger partial charge < -0.3 is 9.73 Å². The average molecular weight is 278 g/mol. The number of carbonyl (C=O) groups excluding carboxylic acids is 1. The maximum Gasteiger partial charge on any atom is 0.261 e. The summed E-state index contributed by atoms with van der Waals surface area (Å²) in [5.41, 5.74) is 0. The largest absolute Gasteiger partial charge is 0.468 e. The summed E-state index contributed by atoms with van der Waals surface area (Å²) in [6.07, 6.45) is 1.65. The molecule has 1 atom stereocenters. The third-order valence-electron chi connectivity index (χ3n) is 2.92. The van der Waals surface area contributed by atoms with Crippen molar-refractivity contribution in [3.05, 3.63) is 46.0 Å². The van der Waals surface area contributed by atoms with Crippen LogP contribution in [0.5, 0.6) is 0 Å². The smallest absolute Gasteiger partial charge is 0.261 e. The molecule has 5 heteroatoms. The minimum Gasteiger partial charge on any atom is -0.468 e. The van der Waals surface area contributed by atoms with Gasteiger partial charge in [-0.1, -0.05) is 0 Å². The number of hydrogen-bond donors (Lipinski definition) is 1. The highest BCUT2D eigenvalue weighted by Crippen LogP contribution is 2.19. The Morgan fingerprint density at radius 3 is 2.74 bits per heavy atom. The van der Waals surface area contributed by atoms with Crippen LogP contribution in [-0.4, -0.2) is 31.4 Å². The number of aryl methyl sites for hydroxylation is 1. The van der Waals surface area contributed by atoms with Crippen molar-refractivity contribution < 1.29 is 9.21 Å². The SMILES string of the molecule is Cc1ccc(C(=O)NCC(c2ccco2)N(C)C)s1. The lowest BCUT2D eigenvalue weighted by molar-refractivity contribution is 0.0943. The van der Waals surface area contributed by atoms with Crippen molar-refractivity contribution in [3.8, 4) is 0 Å². The fraction of sp³-hybridized carbons (Fsp3) is 0.357. The third kappa shape index (κ3) is 3.45. The first-order chi connectivity index (χ1) is 9.08. The third-order valence-corrected chi connectivity index (χ3v) is 3.91. The molecule has 0 aliphatic carbocycles. The van der Waals surface area contributed by atoms with E-state index >= 15 is 0 Å². The van der Waals surface area contributed by atoms with Crippen LogP contribution < -0.4 is 5.32 Å². The molecule has 1 unspecified atom stereocenters. The van der Waals surface area contributed by atoms with E-state index in [1.807, 2.05) is 50.2 Å². The second kappa shape index (κ2) is 6.04. The molecular weight excluding hydrogens is 260 g/mol. The maximum absolute atomic E-state index is 12.0. The Labute approximate surface area is 117 Å². The molecule has 0 fully saturated rings. The van der Waals surface area contributed by atoms with Crippen molar-refractivity contribution in [2.45, 2.75) is 13.0 Å². The predicted octanol–water partition coefficient (Wildman–Crippen LogP) is 2.68. The van der Waals surface area contributed by atoms with Crippen LogP contribution in [0.25, 0.3) is 0 Å². The average Bonchev–Trinajstić information content (AvgIpc) is 3.00. The van der Waals surface area contributed by atoms with Gasteiger partial charge in [0, 0.05) is 11.4 Å². The topological polar surface area (TPSA) is 45.5 Å². The highest BCUT2D eigenvalue weighted by molar-refractivity contribution is 7.13. The van der Waals surface area contributed by atoms with Crippen molar-refractivity contribution in [2.75, 3.05) is 20.6 Å². The van der Waals surface area contributed by atoms with Crippen LogP contribution in [0.3, 0.4) is 0 Å². The molecule has 0 saturated heterocycles. The van der Waals surface area contributed by atoms with E-state index in [-0.39, 0.29) is 11.9 Å². The second-order valence-corrected chi connectivity index (χ2v) is 5.90. The highest BCUT2D eigenvalue weighted by Gasteiger charge is 2.18. The van der Waals surface area contributed by atoms with Gasteiger partial charge in [0.25, 0.3) is 5.91 Å². The van der Waals surface area contributed by atoms with Crippen LogP contribution in [0.4, 0.5) is 0 Å². The van der Waals surface area contributed by atoms with Crippen molar-refractivity contribution >= 4 is 17.2 Å². The molecule has 4 nitrogen and oxygen atoms in total. The molecular formula is C14H18N2O2S. The molecule has 0 aromatic carbocycles. The van der Waals surface area contributed by atoms with Crippen LogP contribution in [0.2, 0.25) is 0 Å². The van der Waals surface area contributed by atoms with E-state index in [2.05, 4.69) is 5.32 Å². The normalized spacial score (nSPS) is 12.6. The van der Waals surface area contributed by atoms with Gasteiger partial charge in [0.1, 0.15) is 5.76 Å². The van der Waals surface area contributed by atoms with Crippen molar-refractivity contribution in [1.82, 2.24) is 10.2 Å². The molecule has 0 radical (unpaired) electrons. The molecule has 19 heavy (non-hydrogen) atoms. The van der Waals surface area contributed by atoms with E-state index in [0.717, 1.165) is 15.5 Å². The van der Waals surface area contributed by atoms with Gasteiger partial charge in [-0.05, 0) is 45.3 Å². The molecule has 2 heterocycles. The van der Waals surface area contributed by atoms with Crippen LogP contribution in [0.1, 0.15) is 26.4 Å². The number of nitrogens with one attached hydrogen (secondary N) is 1. The van der Waals surface area contributed by atoms with Crippen LogP contribution >= 0.6 is 11.3 Å². The van der Waals surface area contributed by atoms with Gasteiger partial charge in [-0.25, -0.2) is 0 Å². The first kappa shape index (κ1) is 13.8. The molecule has 102 valence electrons. The lowest BCUT2D eigenvalue weighted by Crippen LogP contribution is -2.34. The zero-order valence-corrected chi connectivity index (χ0v) is 12.2. The number of carbonyl (C=O) groups is 1.